The lowest BCUT2D eigenvalue weighted by Crippen LogP contribution is -2.42. The van der Waals surface area contributed by atoms with E-state index in [0.29, 0.717) is 11.8 Å². The Kier molecular flexibility index (Phi) is 2.91. The van der Waals surface area contributed by atoms with Crippen molar-refractivity contribution >= 4 is 0 Å². The van der Waals surface area contributed by atoms with E-state index in [-0.39, 0.29) is 11.7 Å². The van der Waals surface area contributed by atoms with Gasteiger partial charge in [-0.25, -0.2) is 0 Å². The van der Waals surface area contributed by atoms with Gasteiger partial charge in [-0.2, -0.15) is 0 Å². The monoisotopic (exact) mass is 210 g/mol. The minimum Gasteiger partial charge on any atom is -0.350 e. The maximum Gasteiger partial charge on any atom is 0.164 e. The SMILES string of the molecule is CC1=CC[C@@H](C)C(C)(C)[C@@H]1C1OCCO1. The summed E-state index contributed by atoms with van der Waals surface area (Å²) in [4.78, 5) is 0. The van der Waals surface area contributed by atoms with E-state index >= 15 is 0 Å². The molecule has 2 atom stereocenters. The molecule has 2 rings (SSSR count). The zero-order chi connectivity index (χ0) is 11.1. The molecular weight excluding hydrogens is 188 g/mol. The van der Waals surface area contributed by atoms with Crippen LogP contribution in [0.5, 0.6) is 0 Å². The molecule has 2 aliphatic rings. The van der Waals surface area contributed by atoms with Gasteiger partial charge in [0.2, 0.25) is 0 Å². The van der Waals surface area contributed by atoms with Crippen molar-refractivity contribution in [3.63, 3.8) is 0 Å². The van der Waals surface area contributed by atoms with Gasteiger partial charge in [0.15, 0.2) is 6.29 Å². The molecule has 2 nitrogen and oxygen atoms in total. The van der Waals surface area contributed by atoms with Crippen LogP contribution in [0.2, 0.25) is 0 Å². The first kappa shape index (κ1) is 11.2. The standard InChI is InChI=1S/C13H22O2/c1-9-5-6-10(2)13(3,4)11(9)12-14-7-8-15-12/h5,10-12H,6-8H2,1-4H3/t10-,11+/m1/s1. The van der Waals surface area contributed by atoms with Crippen LogP contribution in [-0.2, 0) is 9.47 Å². The van der Waals surface area contributed by atoms with Crippen LogP contribution in [-0.4, -0.2) is 19.5 Å². The zero-order valence-corrected chi connectivity index (χ0v) is 10.2. The lowest BCUT2D eigenvalue weighted by molar-refractivity contribution is -0.115. The van der Waals surface area contributed by atoms with E-state index in [2.05, 4.69) is 33.8 Å². The lowest BCUT2D eigenvalue weighted by Gasteiger charge is -2.45. The quantitative estimate of drug-likeness (QED) is 0.619. The van der Waals surface area contributed by atoms with Crippen molar-refractivity contribution < 1.29 is 9.47 Å². The second-order valence-electron chi connectivity index (χ2n) is 5.49. The molecule has 0 amide bonds. The maximum atomic E-state index is 5.68. The second-order valence-corrected chi connectivity index (χ2v) is 5.49. The van der Waals surface area contributed by atoms with Gasteiger partial charge in [0, 0.05) is 5.92 Å². The molecule has 15 heavy (non-hydrogen) atoms. The largest absolute Gasteiger partial charge is 0.350 e. The van der Waals surface area contributed by atoms with E-state index in [0.717, 1.165) is 13.2 Å². The third-order valence-corrected chi connectivity index (χ3v) is 4.28. The minimum absolute atomic E-state index is 0.0148. The van der Waals surface area contributed by atoms with Gasteiger partial charge in [0.25, 0.3) is 0 Å². The molecular formula is C13H22O2. The molecule has 1 aliphatic heterocycles. The lowest BCUT2D eigenvalue weighted by atomic mass is 9.63. The Morgan fingerprint density at radius 1 is 1.27 bits per heavy atom. The normalized spacial score (nSPS) is 36.7. The second kappa shape index (κ2) is 3.91. The molecule has 0 saturated carbocycles. The van der Waals surface area contributed by atoms with Gasteiger partial charge in [-0.1, -0.05) is 32.4 Å². The van der Waals surface area contributed by atoms with E-state index in [1.165, 1.54) is 12.0 Å². The highest BCUT2D eigenvalue weighted by atomic mass is 16.7. The summed E-state index contributed by atoms with van der Waals surface area (Å²) < 4.78 is 11.4. The highest BCUT2D eigenvalue weighted by Crippen LogP contribution is 2.47. The van der Waals surface area contributed by atoms with E-state index in [4.69, 9.17) is 9.47 Å². The number of allylic oxidation sites excluding steroid dienone is 1. The van der Waals surface area contributed by atoms with Crippen molar-refractivity contribution in [1.82, 2.24) is 0 Å². The molecule has 0 aromatic heterocycles. The predicted molar refractivity (Wildman–Crippen MR) is 60.5 cm³/mol. The molecule has 0 aromatic rings. The van der Waals surface area contributed by atoms with Crippen molar-refractivity contribution in [3.8, 4) is 0 Å². The van der Waals surface area contributed by atoms with Gasteiger partial charge < -0.3 is 9.47 Å². The number of hydrogen-bond donors (Lipinski definition) is 0. The van der Waals surface area contributed by atoms with Crippen molar-refractivity contribution in [3.05, 3.63) is 11.6 Å². The fraction of sp³-hybridized carbons (Fsp3) is 0.846. The molecule has 0 spiro atoms. The van der Waals surface area contributed by atoms with Gasteiger partial charge in [-0.15, -0.1) is 0 Å². The first-order valence-electron chi connectivity index (χ1n) is 5.93. The van der Waals surface area contributed by atoms with Gasteiger partial charge in [-0.05, 0) is 24.7 Å². The van der Waals surface area contributed by atoms with Crippen LogP contribution >= 0.6 is 0 Å². The smallest absolute Gasteiger partial charge is 0.164 e. The Morgan fingerprint density at radius 2 is 1.87 bits per heavy atom. The van der Waals surface area contributed by atoms with Crippen LogP contribution < -0.4 is 0 Å². The Balaban J connectivity index is 2.25. The molecule has 1 heterocycles. The first-order chi connectivity index (χ1) is 7.03. The van der Waals surface area contributed by atoms with Crippen LogP contribution in [0.15, 0.2) is 11.6 Å². The fourth-order valence-electron chi connectivity index (χ4n) is 2.82. The van der Waals surface area contributed by atoms with Gasteiger partial charge in [0.05, 0.1) is 13.2 Å². The van der Waals surface area contributed by atoms with Gasteiger partial charge in [-0.3, -0.25) is 0 Å². The highest BCUT2D eigenvalue weighted by Gasteiger charge is 2.44. The van der Waals surface area contributed by atoms with Crippen molar-refractivity contribution in [1.29, 1.82) is 0 Å². The van der Waals surface area contributed by atoms with E-state index in [9.17, 15) is 0 Å². The van der Waals surface area contributed by atoms with Crippen molar-refractivity contribution in [2.24, 2.45) is 17.3 Å². The average Bonchev–Trinajstić information content (AvgIpc) is 2.65. The molecule has 0 unspecified atom stereocenters. The van der Waals surface area contributed by atoms with Crippen LogP contribution in [0.1, 0.15) is 34.1 Å². The zero-order valence-electron chi connectivity index (χ0n) is 10.2. The highest BCUT2D eigenvalue weighted by molar-refractivity contribution is 5.15. The van der Waals surface area contributed by atoms with Crippen LogP contribution in [0.4, 0.5) is 0 Å². The van der Waals surface area contributed by atoms with E-state index < -0.39 is 0 Å². The average molecular weight is 210 g/mol. The molecule has 0 radical (unpaired) electrons. The topological polar surface area (TPSA) is 18.5 Å². The van der Waals surface area contributed by atoms with E-state index in [1.54, 1.807) is 0 Å². The minimum atomic E-state index is -0.0148. The van der Waals surface area contributed by atoms with Crippen molar-refractivity contribution in [2.75, 3.05) is 13.2 Å². The molecule has 1 saturated heterocycles. The Hall–Kier alpha value is -0.340. The summed E-state index contributed by atoms with van der Waals surface area (Å²) >= 11 is 0. The Morgan fingerprint density at radius 3 is 2.47 bits per heavy atom. The van der Waals surface area contributed by atoms with Crippen LogP contribution in [0, 0.1) is 17.3 Å². The summed E-state index contributed by atoms with van der Waals surface area (Å²) in [5, 5.41) is 0. The Bertz CT molecular complexity index is 262. The first-order valence-corrected chi connectivity index (χ1v) is 5.93. The molecule has 0 bridgehead atoms. The molecule has 0 aromatic carbocycles. The molecule has 1 fully saturated rings. The predicted octanol–water partition coefficient (Wildman–Crippen LogP) is 2.99. The third-order valence-electron chi connectivity index (χ3n) is 4.28. The number of ether oxygens (including phenoxy) is 2. The molecule has 0 N–H and O–H groups in total. The summed E-state index contributed by atoms with van der Waals surface area (Å²) in [6, 6.07) is 0. The number of hydrogen-bond acceptors (Lipinski definition) is 2. The maximum absolute atomic E-state index is 5.68. The van der Waals surface area contributed by atoms with E-state index in [1.807, 2.05) is 0 Å². The molecule has 2 heteroatoms. The Labute approximate surface area is 92.6 Å². The molecule has 1 aliphatic carbocycles. The van der Waals surface area contributed by atoms with Crippen LogP contribution in [0.25, 0.3) is 0 Å². The summed E-state index contributed by atoms with van der Waals surface area (Å²) in [7, 11) is 0. The number of rotatable bonds is 1. The molecule has 86 valence electrons. The summed E-state index contributed by atoms with van der Waals surface area (Å²) in [6.07, 6.45) is 3.52. The summed E-state index contributed by atoms with van der Waals surface area (Å²) in [6.45, 7) is 10.7. The summed E-state index contributed by atoms with van der Waals surface area (Å²) in [5.41, 5.74) is 1.71. The fourth-order valence-corrected chi connectivity index (χ4v) is 2.82. The summed E-state index contributed by atoms with van der Waals surface area (Å²) in [5.74, 6) is 1.11. The van der Waals surface area contributed by atoms with Gasteiger partial charge in [0.1, 0.15) is 0 Å². The van der Waals surface area contributed by atoms with Crippen LogP contribution in [0.3, 0.4) is 0 Å². The van der Waals surface area contributed by atoms with Crippen molar-refractivity contribution in [2.45, 2.75) is 40.4 Å². The van der Waals surface area contributed by atoms with Gasteiger partial charge >= 0.3 is 0 Å². The third kappa shape index (κ3) is 1.85.